The van der Waals surface area contributed by atoms with Crippen LogP contribution in [-0.4, -0.2) is 16.6 Å². The minimum absolute atomic E-state index is 0.209. The molecule has 5 heteroatoms. The topological polar surface area (TPSA) is 29.9 Å². The lowest BCUT2D eigenvalue weighted by atomic mass is 10.0. The van der Waals surface area contributed by atoms with E-state index in [9.17, 15) is 4.39 Å². The number of hydrogen-bond donors (Lipinski definition) is 1. The molecule has 2 aromatic rings. The van der Waals surface area contributed by atoms with E-state index in [2.05, 4.69) is 10.3 Å². The van der Waals surface area contributed by atoms with Crippen LogP contribution in [0.25, 0.3) is 0 Å². The summed E-state index contributed by atoms with van der Waals surface area (Å²) >= 11 is 6.09. The molecule has 1 unspecified atom stereocenters. The number of benzene rings is 1. The van der Waals surface area contributed by atoms with Gasteiger partial charge in [0.1, 0.15) is 5.82 Å². The van der Waals surface area contributed by atoms with E-state index in [-0.39, 0.29) is 11.9 Å². The van der Waals surface area contributed by atoms with Gasteiger partial charge < -0.3 is 9.88 Å². The van der Waals surface area contributed by atoms with Gasteiger partial charge in [-0.25, -0.2) is 9.37 Å². The van der Waals surface area contributed by atoms with Crippen molar-refractivity contribution >= 4 is 11.6 Å². The highest BCUT2D eigenvalue weighted by atomic mass is 35.5. The van der Waals surface area contributed by atoms with E-state index in [1.165, 1.54) is 12.1 Å². The van der Waals surface area contributed by atoms with Gasteiger partial charge in [0.25, 0.3) is 0 Å². The molecule has 90 valence electrons. The van der Waals surface area contributed by atoms with Crippen LogP contribution < -0.4 is 5.32 Å². The second-order valence-electron chi connectivity index (χ2n) is 3.85. The van der Waals surface area contributed by atoms with Crippen LogP contribution in [0.4, 0.5) is 4.39 Å². The van der Waals surface area contributed by atoms with E-state index >= 15 is 0 Å². The number of imidazole rings is 1. The monoisotopic (exact) mass is 253 g/mol. The molecule has 0 aliphatic carbocycles. The van der Waals surface area contributed by atoms with Crippen molar-refractivity contribution in [2.45, 2.75) is 6.04 Å². The Balaban J connectivity index is 2.45. The molecule has 0 saturated carbocycles. The van der Waals surface area contributed by atoms with Crippen molar-refractivity contribution in [3.63, 3.8) is 0 Å². The maximum Gasteiger partial charge on any atom is 0.123 e. The van der Waals surface area contributed by atoms with Crippen LogP contribution in [0.5, 0.6) is 0 Å². The molecular weight excluding hydrogens is 241 g/mol. The Hall–Kier alpha value is -1.39. The third kappa shape index (κ3) is 2.48. The van der Waals surface area contributed by atoms with E-state index in [1.54, 1.807) is 19.4 Å². The van der Waals surface area contributed by atoms with Crippen LogP contribution in [0.1, 0.15) is 17.3 Å². The molecule has 0 radical (unpaired) electrons. The number of nitrogens with one attached hydrogen (secondary N) is 1. The first kappa shape index (κ1) is 12.1. The third-order valence-corrected chi connectivity index (χ3v) is 2.92. The van der Waals surface area contributed by atoms with Gasteiger partial charge in [-0.05, 0) is 30.8 Å². The first-order valence-corrected chi connectivity index (χ1v) is 5.59. The van der Waals surface area contributed by atoms with Gasteiger partial charge in [0.2, 0.25) is 0 Å². The van der Waals surface area contributed by atoms with Gasteiger partial charge in [0.05, 0.1) is 18.1 Å². The largest absolute Gasteiger partial charge is 0.340 e. The summed E-state index contributed by atoms with van der Waals surface area (Å²) in [7, 11) is 3.68. The van der Waals surface area contributed by atoms with Gasteiger partial charge >= 0.3 is 0 Å². The number of nitrogens with zero attached hydrogens (tertiary/aromatic N) is 2. The van der Waals surface area contributed by atoms with Gasteiger partial charge in [-0.15, -0.1) is 0 Å². The van der Waals surface area contributed by atoms with E-state index in [4.69, 9.17) is 11.6 Å². The van der Waals surface area contributed by atoms with Crippen molar-refractivity contribution in [1.82, 2.24) is 14.9 Å². The zero-order chi connectivity index (χ0) is 12.4. The van der Waals surface area contributed by atoms with E-state index in [1.807, 2.05) is 17.8 Å². The van der Waals surface area contributed by atoms with Crippen LogP contribution in [0.2, 0.25) is 5.02 Å². The second-order valence-corrected chi connectivity index (χ2v) is 4.26. The summed E-state index contributed by atoms with van der Waals surface area (Å²) in [6.45, 7) is 0. The van der Waals surface area contributed by atoms with Gasteiger partial charge in [-0.1, -0.05) is 11.6 Å². The average molecular weight is 254 g/mol. The molecule has 1 N–H and O–H groups in total. The molecule has 1 atom stereocenters. The van der Waals surface area contributed by atoms with Crippen molar-refractivity contribution < 1.29 is 4.39 Å². The van der Waals surface area contributed by atoms with Gasteiger partial charge in [-0.2, -0.15) is 0 Å². The number of rotatable bonds is 3. The fourth-order valence-electron chi connectivity index (χ4n) is 1.78. The highest BCUT2D eigenvalue weighted by Gasteiger charge is 2.18. The second kappa shape index (κ2) is 4.85. The minimum atomic E-state index is -0.305. The summed E-state index contributed by atoms with van der Waals surface area (Å²) < 4.78 is 15.1. The van der Waals surface area contributed by atoms with Crippen LogP contribution in [0, 0.1) is 5.82 Å². The molecule has 0 aliphatic heterocycles. The van der Waals surface area contributed by atoms with E-state index in [0.717, 1.165) is 5.69 Å². The Morgan fingerprint density at radius 2 is 2.24 bits per heavy atom. The smallest absolute Gasteiger partial charge is 0.123 e. The summed E-state index contributed by atoms with van der Waals surface area (Å²) in [5, 5.41) is 3.61. The van der Waals surface area contributed by atoms with Gasteiger partial charge in [-0.3, -0.25) is 0 Å². The number of aryl methyl sites for hydroxylation is 1. The third-order valence-electron chi connectivity index (χ3n) is 2.58. The van der Waals surface area contributed by atoms with Crippen molar-refractivity contribution in [2.24, 2.45) is 7.05 Å². The normalized spacial score (nSPS) is 12.7. The molecule has 3 nitrogen and oxygen atoms in total. The molecule has 1 aromatic carbocycles. The molecule has 0 spiro atoms. The highest BCUT2D eigenvalue weighted by molar-refractivity contribution is 6.31. The first-order valence-electron chi connectivity index (χ1n) is 5.22. The van der Waals surface area contributed by atoms with Crippen molar-refractivity contribution in [1.29, 1.82) is 0 Å². The Bertz CT molecular complexity index is 524. The van der Waals surface area contributed by atoms with Crippen LogP contribution >= 0.6 is 11.6 Å². The first-order chi connectivity index (χ1) is 8.11. The van der Waals surface area contributed by atoms with Crippen LogP contribution in [0.3, 0.4) is 0 Å². The maximum absolute atomic E-state index is 13.3. The Kier molecular flexibility index (Phi) is 3.45. The molecule has 0 aliphatic rings. The predicted octanol–water partition coefficient (Wildman–Crippen LogP) is 2.52. The minimum Gasteiger partial charge on any atom is -0.340 e. The van der Waals surface area contributed by atoms with Crippen molar-refractivity contribution in [3.8, 4) is 0 Å². The fourth-order valence-corrected chi connectivity index (χ4v) is 2.01. The number of hydrogen-bond acceptors (Lipinski definition) is 2. The SMILES string of the molecule is CNC(c1cn(C)cn1)c1cc(F)ccc1Cl. The van der Waals surface area contributed by atoms with Crippen molar-refractivity contribution in [3.05, 3.63) is 52.8 Å². The summed E-state index contributed by atoms with van der Waals surface area (Å²) in [6, 6.07) is 4.12. The number of aromatic nitrogens is 2. The molecular formula is C12H13ClFN3. The van der Waals surface area contributed by atoms with Crippen LogP contribution in [-0.2, 0) is 7.05 Å². The van der Waals surface area contributed by atoms with Crippen molar-refractivity contribution in [2.75, 3.05) is 7.05 Å². The molecule has 0 fully saturated rings. The molecule has 0 saturated heterocycles. The van der Waals surface area contributed by atoms with E-state index < -0.39 is 0 Å². The molecule has 1 aromatic heterocycles. The molecule has 17 heavy (non-hydrogen) atoms. The molecule has 2 rings (SSSR count). The highest BCUT2D eigenvalue weighted by Crippen LogP contribution is 2.27. The Labute approximate surface area is 104 Å². The standard InChI is InChI=1S/C12H13ClFN3/c1-15-12(11-6-17(2)7-16-11)9-5-8(14)3-4-10(9)13/h3-7,12,15H,1-2H3. The average Bonchev–Trinajstić information content (AvgIpc) is 2.71. The summed E-state index contributed by atoms with van der Waals surface area (Å²) in [5.41, 5.74) is 1.50. The summed E-state index contributed by atoms with van der Waals surface area (Å²) in [4.78, 5) is 4.25. The van der Waals surface area contributed by atoms with Gasteiger partial charge in [0, 0.05) is 18.3 Å². The quantitative estimate of drug-likeness (QED) is 0.911. The fraction of sp³-hybridized carbons (Fsp3) is 0.250. The zero-order valence-electron chi connectivity index (χ0n) is 9.61. The lowest BCUT2D eigenvalue weighted by Crippen LogP contribution is -2.18. The molecule has 1 heterocycles. The number of halogens is 2. The zero-order valence-corrected chi connectivity index (χ0v) is 10.4. The molecule has 0 bridgehead atoms. The van der Waals surface area contributed by atoms with Crippen LogP contribution in [0.15, 0.2) is 30.7 Å². The van der Waals surface area contributed by atoms with E-state index in [0.29, 0.717) is 10.6 Å². The predicted molar refractivity (Wildman–Crippen MR) is 65.5 cm³/mol. The lowest BCUT2D eigenvalue weighted by Gasteiger charge is -2.15. The Morgan fingerprint density at radius 3 is 2.82 bits per heavy atom. The summed E-state index contributed by atoms with van der Waals surface area (Å²) in [5.74, 6) is -0.305. The maximum atomic E-state index is 13.3. The van der Waals surface area contributed by atoms with Gasteiger partial charge in [0.15, 0.2) is 0 Å². The summed E-state index contributed by atoms with van der Waals surface area (Å²) in [6.07, 6.45) is 3.58. The lowest BCUT2D eigenvalue weighted by molar-refractivity contribution is 0.614. The molecule has 0 amide bonds. The Morgan fingerprint density at radius 1 is 1.47 bits per heavy atom.